The first-order valence-electron chi connectivity index (χ1n) is 10.9. The van der Waals surface area contributed by atoms with Gasteiger partial charge in [0, 0.05) is 30.7 Å². The van der Waals surface area contributed by atoms with E-state index in [1.165, 1.54) is 0 Å². The second-order valence-electron chi connectivity index (χ2n) is 8.36. The molecule has 1 aliphatic heterocycles. The van der Waals surface area contributed by atoms with Gasteiger partial charge in [0.25, 0.3) is 11.8 Å². The van der Waals surface area contributed by atoms with Gasteiger partial charge in [0.1, 0.15) is 5.52 Å². The van der Waals surface area contributed by atoms with Crippen LogP contribution in [0.25, 0.3) is 21.9 Å². The van der Waals surface area contributed by atoms with Crippen LogP contribution in [0.1, 0.15) is 20.7 Å². The number of imide groups is 1. The lowest BCUT2D eigenvalue weighted by Crippen LogP contribution is -2.35. The summed E-state index contributed by atoms with van der Waals surface area (Å²) in [6.07, 6.45) is 0. The van der Waals surface area contributed by atoms with Crippen LogP contribution in [0.5, 0.6) is 0 Å². The normalized spacial score (nSPS) is 12.8. The van der Waals surface area contributed by atoms with E-state index in [4.69, 9.17) is 9.40 Å². The molecule has 166 valence electrons. The number of carbonyl (C=O) groups excluding carboxylic acids is 2. The molecule has 0 radical (unpaired) electrons. The first-order valence-corrected chi connectivity index (χ1v) is 10.9. The Morgan fingerprint density at radius 1 is 0.794 bits per heavy atom. The molecule has 1 aliphatic rings. The van der Waals surface area contributed by atoms with Crippen molar-refractivity contribution in [3.63, 3.8) is 0 Å². The summed E-state index contributed by atoms with van der Waals surface area (Å²) in [5.41, 5.74) is 4.61. The molecule has 0 unspecified atom stereocenters. The highest BCUT2D eigenvalue weighted by molar-refractivity contribution is 6.28. The Kier molecular flexibility index (Phi) is 4.38. The number of fused-ring (bicyclic) bond motifs is 1. The van der Waals surface area contributed by atoms with Crippen LogP contribution in [-0.2, 0) is 0 Å². The van der Waals surface area contributed by atoms with E-state index in [2.05, 4.69) is 5.32 Å². The highest BCUT2D eigenvalue weighted by atomic mass is 16.4. The van der Waals surface area contributed by atoms with Gasteiger partial charge in [-0.2, -0.15) is 4.98 Å². The summed E-state index contributed by atoms with van der Waals surface area (Å²) in [4.78, 5) is 34.3. The molecule has 0 bridgehead atoms. The van der Waals surface area contributed by atoms with Crippen LogP contribution >= 0.6 is 0 Å². The van der Waals surface area contributed by atoms with Gasteiger partial charge in [-0.05, 0) is 53.9 Å². The van der Waals surface area contributed by atoms with Crippen molar-refractivity contribution in [1.82, 2.24) is 10.3 Å². The zero-order valence-corrected chi connectivity index (χ0v) is 18.6. The molecule has 2 amide bonds. The van der Waals surface area contributed by atoms with E-state index in [9.17, 15) is 9.59 Å². The molecular formula is C27H20N4O3. The molecule has 1 N–H and O–H groups in total. The van der Waals surface area contributed by atoms with Crippen molar-refractivity contribution in [3.8, 4) is 0 Å². The SMILES string of the molecule is CN(C)c1ccc(N(c2nc3ccccc3o2)c2ccc3cccc4c3c2C(=O)NC4=O)cc1. The molecule has 7 nitrogen and oxygen atoms in total. The monoisotopic (exact) mass is 448 g/mol. The van der Waals surface area contributed by atoms with Gasteiger partial charge in [0.15, 0.2) is 5.58 Å². The number of nitrogens with zero attached hydrogens (tertiary/aromatic N) is 3. The largest absolute Gasteiger partial charge is 0.423 e. The van der Waals surface area contributed by atoms with Crippen LogP contribution in [0.4, 0.5) is 23.1 Å². The first kappa shape index (κ1) is 20.0. The molecule has 2 heterocycles. The molecule has 0 saturated carbocycles. The molecule has 1 aromatic heterocycles. The third-order valence-electron chi connectivity index (χ3n) is 6.06. The summed E-state index contributed by atoms with van der Waals surface area (Å²) in [6, 6.07) is 25.0. The van der Waals surface area contributed by atoms with Gasteiger partial charge in [-0.25, -0.2) is 0 Å². The van der Waals surface area contributed by atoms with Crippen LogP contribution < -0.4 is 15.1 Å². The second kappa shape index (κ2) is 7.45. The Balaban J connectivity index is 1.65. The topological polar surface area (TPSA) is 78.7 Å². The number of anilines is 4. The van der Waals surface area contributed by atoms with Gasteiger partial charge in [0.05, 0.1) is 16.9 Å². The van der Waals surface area contributed by atoms with Gasteiger partial charge in [-0.15, -0.1) is 0 Å². The fourth-order valence-electron chi connectivity index (χ4n) is 4.41. The van der Waals surface area contributed by atoms with E-state index in [1.807, 2.05) is 96.7 Å². The minimum Gasteiger partial charge on any atom is -0.423 e. The summed E-state index contributed by atoms with van der Waals surface area (Å²) >= 11 is 0. The van der Waals surface area contributed by atoms with Crippen LogP contribution in [0.2, 0.25) is 0 Å². The fraction of sp³-hybridized carbons (Fsp3) is 0.0741. The lowest BCUT2D eigenvalue weighted by molar-refractivity contribution is 0.0845. The minimum absolute atomic E-state index is 0.330. The number of aromatic nitrogens is 1. The third-order valence-corrected chi connectivity index (χ3v) is 6.06. The predicted octanol–water partition coefficient (Wildman–Crippen LogP) is 5.40. The van der Waals surface area contributed by atoms with E-state index in [-0.39, 0.29) is 0 Å². The van der Waals surface area contributed by atoms with Gasteiger partial charge >= 0.3 is 6.01 Å². The Morgan fingerprint density at radius 3 is 2.32 bits per heavy atom. The van der Waals surface area contributed by atoms with Crippen molar-refractivity contribution in [1.29, 1.82) is 0 Å². The van der Waals surface area contributed by atoms with E-state index in [0.717, 1.165) is 16.8 Å². The molecule has 4 aromatic carbocycles. The van der Waals surface area contributed by atoms with Crippen molar-refractivity contribution in [2.75, 3.05) is 23.9 Å². The maximum absolute atomic E-state index is 13.2. The number of oxazole rings is 1. The molecule has 0 spiro atoms. The molecule has 6 rings (SSSR count). The molecule has 5 aromatic rings. The van der Waals surface area contributed by atoms with Crippen molar-refractivity contribution >= 4 is 56.8 Å². The van der Waals surface area contributed by atoms with Crippen molar-refractivity contribution in [3.05, 3.63) is 90.0 Å². The number of nitrogens with one attached hydrogen (secondary N) is 1. The standard InChI is InChI=1S/C27H20N4O3/c1-30(2)17-11-13-18(14-12-17)31(27-28-20-8-3-4-9-22(20)34-27)21-15-10-16-6-5-7-19-23(16)24(21)26(33)29-25(19)32/h3-15H,1-2H3,(H,29,32,33). The fourth-order valence-corrected chi connectivity index (χ4v) is 4.41. The summed E-state index contributed by atoms with van der Waals surface area (Å²) in [7, 11) is 3.95. The zero-order valence-electron chi connectivity index (χ0n) is 18.6. The quantitative estimate of drug-likeness (QED) is 0.371. The smallest absolute Gasteiger partial charge is 0.307 e. The number of hydrogen-bond acceptors (Lipinski definition) is 6. The molecule has 7 heteroatoms. The van der Waals surface area contributed by atoms with Crippen LogP contribution in [-0.4, -0.2) is 30.9 Å². The lowest BCUT2D eigenvalue weighted by atomic mass is 9.93. The Hall–Kier alpha value is -4.65. The van der Waals surface area contributed by atoms with Crippen molar-refractivity contribution < 1.29 is 14.0 Å². The average molecular weight is 448 g/mol. The summed E-state index contributed by atoms with van der Waals surface area (Å²) in [5, 5.41) is 3.93. The van der Waals surface area contributed by atoms with Gasteiger partial charge in [-0.1, -0.05) is 30.3 Å². The second-order valence-corrected chi connectivity index (χ2v) is 8.36. The number of hydrogen-bond donors (Lipinski definition) is 1. The minimum atomic E-state index is -0.449. The highest BCUT2D eigenvalue weighted by Crippen LogP contribution is 2.42. The molecule has 0 fully saturated rings. The predicted molar refractivity (Wildman–Crippen MR) is 132 cm³/mol. The maximum Gasteiger partial charge on any atom is 0.307 e. The van der Waals surface area contributed by atoms with Gasteiger partial charge in [0.2, 0.25) is 0 Å². The number of rotatable bonds is 4. The van der Waals surface area contributed by atoms with Crippen LogP contribution in [0.15, 0.2) is 83.3 Å². The van der Waals surface area contributed by atoms with E-state index in [1.54, 1.807) is 6.07 Å². The molecule has 0 saturated heterocycles. The van der Waals surface area contributed by atoms with E-state index in [0.29, 0.717) is 39.3 Å². The van der Waals surface area contributed by atoms with Gasteiger partial charge in [-0.3, -0.25) is 19.8 Å². The summed E-state index contributed by atoms with van der Waals surface area (Å²) in [6.45, 7) is 0. The number of carbonyl (C=O) groups is 2. The Morgan fingerprint density at radius 2 is 1.56 bits per heavy atom. The summed E-state index contributed by atoms with van der Waals surface area (Å²) < 4.78 is 6.14. The number of benzene rings is 4. The van der Waals surface area contributed by atoms with Crippen molar-refractivity contribution in [2.24, 2.45) is 0 Å². The number of para-hydroxylation sites is 2. The number of amides is 2. The lowest BCUT2D eigenvalue weighted by Gasteiger charge is -2.27. The zero-order chi connectivity index (χ0) is 23.4. The Bertz CT molecular complexity index is 1570. The molecule has 0 atom stereocenters. The van der Waals surface area contributed by atoms with Crippen molar-refractivity contribution in [2.45, 2.75) is 0 Å². The highest BCUT2D eigenvalue weighted by Gasteiger charge is 2.31. The van der Waals surface area contributed by atoms with Crippen LogP contribution in [0.3, 0.4) is 0 Å². The molecule has 34 heavy (non-hydrogen) atoms. The van der Waals surface area contributed by atoms with E-state index < -0.39 is 11.8 Å². The molecular weight excluding hydrogens is 428 g/mol. The molecule has 0 aliphatic carbocycles. The van der Waals surface area contributed by atoms with E-state index >= 15 is 0 Å². The van der Waals surface area contributed by atoms with Gasteiger partial charge < -0.3 is 9.32 Å². The third kappa shape index (κ3) is 3.02. The first-order chi connectivity index (χ1) is 16.5. The summed E-state index contributed by atoms with van der Waals surface area (Å²) in [5.74, 6) is -0.848. The maximum atomic E-state index is 13.2. The van der Waals surface area contributed by atoms with Crippen LogP contribution in [0, 0.1) is 0 Å². The Labute approximate surface area is 195 Å². The average Bonchev–Trinajstić information content (AvgIpc) is 3.27.